The van der Waals surface area contributed by atoms with E-state index in [2.05, 4.69) is 9.88 Å². The lowest BCUT2D eigenvalue weighted by atomic mass is 9.95. The largest absolute Gasteiger partial charge is 0.322 e. The van der Waals surface area contributed by atoms with E-state index in [4.69, 9.17) is 12.2 Å². The van der Waals surface area contributed by atoms with E-state index >= 15 is 0 Å². The topological polar surface area (TPSA) is 74.7 Å². The number of amides is 3. The van der Waals surface area contributed by atoms with Crippen LogP contribution in [0.5, 0.6) is 0 Å². The van der Waals surface area contributed by atoms with Crippen LogP contribution in [-0.2, 0) is 22.4 Å². The van der Waals surface area contributed by atoms with E-state index in [0.29, 0.717) is 22.5 Å². The van der Waals surface area contributed by atoms with Crippen LogP contribution in [-0.4, -0.2) is 27.4 Å². The fourth-order valence-corrected chi connectivity index (χ4v) is 8.27. The minimum Gasteiger partial charge on any atom is -0.322 e. The van der Waals surface area contributed by atoms with Crippen molar-refractivity contribution in [3.63, 3.8) is 0 Å². The lowest BCUT2D eigenvalue weighted by Gasteiger charge is -2.36. The second-order valence-corrected chi connectivity index (χ2v) is 13.1. The molecule has 1 aliphatic heterocycles. The highest BCUT2D eigenvalue weighted by Crippen LogP contribution is 2.40. The van der Waals surface area contributed by atoms with Crippen LogP contribution in [0, 0.1) is 13.8 Å². The maximum Gasteiger partial charge on any atom is 0.270 e. The van der Waals surface area contributed by atoms with Crippen molar-refractivity contribution >= 4 is 69.5 Å². The average Bonchev–Trinajstić information content (AvgIpc) is 3.60. The summed E-state index contributed by atoms with van der Waals surface area (Å²) in [6, 6.07) is 29.7. The van der Waals surface area contributed by atoms with Gasteiger partial charge >= 0.3 is 0 Å². The molecule has 0 radical (unpaired) electrons. The number of carbonyl (C=O) groups excluding carboxylic acids is 3. The summed E-state index contributed by atoms with van der Waals surface area (Å²) in [7, 11) is 0. The molecule has 7 rings (SSSR count). The molecular weight excluding hydrogens is 625 g/mol. The van der Waals surface area contributed by atoms with E-state index in [0.717, 1.165) is 53.3 Å². The summed E-state index contributed by atoms with van der Waals surface area (Å²) in [5.74, 6) is -1.11. The fourth-order valence-electron chi connectivity index (χ4n) is 6.40. The molecule has 1 fully saturated rings. The number of aromatic nitrogens is 1. The lowest BCUT2D eigenvalue weighted by Crippen LogP contribution is -2.56. The van der Waals surface area contributed by atoms with Gasteiger partial charge in [-0.1, -0.05) is 54.6 Å². The number of aryl methyl sites for hydroxylation is 2. The molecule has 1 saturated heterocycles. The maximum absolute atomic E-state index is 14.1. The minimum absolute atomic E-state index is 0.000857. The molecule has 2 aromatic heterocycles. The van der Waals surface area contributed by atoms with E-state index in [1.54, 1.807) is 41.7 Å². The molecule has 5 aromatic rings. The molecule has 2 aliphatic rings. The molecule has 1 aliphatic carbocycles. The van der Waals surface area contributed by atoms with Crippen LogP contribution in [0.2, 0.25) is 0 Å². The van der Waals surface area contributed by atoms with Gasteiger partial charge < -0.3 is 9.88 Å². The van der Waals surface area contributed by atoms with Crippen LogP contribution in [0.25, 0.3) is 11.1 Å². The van der Waals surface area contributed by atoms with Crippen molar-refractivity contribution in [3.8, 4) is 5.00 Å². The number of benzene rings is 3. The predicted octanol–water partition coefficient (Wildman–Crippen LogP) is 8.04. The van der Waals surface area contributed by atoms with Gasteiger partial charge in [0.15, 0.2) is 5.11 Å². The molecule has 0 atom stereocenters. The Hall–Kier alpha value is -5.12. The molecule has 3 heterocycles. The summed E-state index contributed by atoms with van der Waals surface area (Å²) in [6.07, 6.45) is 5.59. The van der Waals surface area contributed by atoms with Crippen molar-refractivity contribution in [2.45, 2.75) is 39.5 Å². The van der Waals surface area contributed by atoms with E-state index in [-0.39, 0.29) is 16.6 Å². The van der Waals surface area contributed by atoms with Crippen molar-refractivity contribution in [1.82, 2.24) is 4.57 Å². The molecule has 0 spiro atoms. The number of hydrogen-bond donors (Lipinski definition) is 1. The minimum atomic E-state index is -0.488. The number of para-hydroxylation sites is 3. The van der Waals surface area contributed by atoms with Crippen LogP contribution in [0.3, 0.4) is 0 Å². The summed E-state index contributed by atoms with van der Waals surface area (Å²) < 4.78 is 2.08. The molecular formula is C38H32N4O3S2. The van der Waals surface area contributed by atoms with Crippen molar-refractivity contribution in [1.29, 1.82) is 0 Å². The summed E-state index contributed by atoms with van der Waals surface area (Å²) in [4.78, 5) is 46.2. The molecule has 3 aromatic carbocycles. The number of rotatable bonds is 6. The number of thiophene rings is 1. The summed E-state index contributed by atoms with van der Waals surface area (Å²) >= 11 is 7.42. The van der Waals surface area contributed by atoms with Crippen LogP contribution < -0.4 is 15.1 Å². The smallest absolute Gasteiger partial charge is 0.270 e. The summed E-state index contributed by atoms with van der Waals surface area (Å²) in [5, 5.41) is 4.05. The Balaban J connectivity index is 1.34. The summed E-state index contributed by atoms with van der Waals surface area (Å²) in [5.41, 5.74) is 6.13. The Morgan fingerprint density at radius 2 is 1.36 bits per heavy atom. The van der Waals surface area contributed by atoms with Crippen LogP contribution in [0.4, 0.5) is 17.1 Å². The first-order chi connectivity index (χ1) is 22.8. The van der Waals surface area contributed by atoms with E-state index in [1.165, 1.54) is 14.7 Å². The first-order valence-electron chi connectivity index (χ1n) is 15.6. The van der Waals surface area contributed by atoms with Crippen LogP contribution in [0.15, 0.2) is 103 Å². The van der Waals surface area contributed by atoms with E-state index < -0.39 is 11.8 Å². The number of thiocarbonyl (C=S) groups is 1. The quantitative estimate of drug-likeness (QED) is 0.114. The van der Waals surface area contributed by atoms with E-state index in [9.17, 15) is 14.4 Å². The van der Waals surface area contributed by atoms with Crippen molar-refractivity contribution < 1.29 is 14.4 Å². The molecule has 47 heavy (non-hydrogen) atoms. The molecule has 1 N–H and O–H groups in total. The Labute approximate surface area is 282 Å². The molecule has 3 amide bonds. The standard InChI is InChI=1S/C38H32N4O3S2/c1-24-22-26(23-31-35(44)41(28-16-8-4-9-17-28)38(46)42(36(31)45)29-18-10-5-11-19-29)25(2)40(24)37-33(30-20-12-13-21-32(30)47-37)34(43)39-27-14-6-3-7-15-27/h3-11,14-19,22-23H,12-13,20-21H2,1-2H3,(H,39,43). The zero-order chi connectivity index (χ0) is 32.7. The van der Waals surface area contributed by atoms with Gasteiger partial charge in [-0.25, -0.2) is 0 Å². The van der Waals surface area contributed by atoms with Gasteiger partial charge in [0.1, 0.15) is 10.6 Å². The third-order valence-electron chi connectivity index (χ3n) is 8.66. The first kappa shape index (κ1) is 30.5. The Kier molecular flexibility index (Phi) is 8.17. The number of hydrogen-bond acceptors (Lipinski definition) is 5. The van der Waals surface area contributed by atoms with Crippen LogP contribution >= 0.6 is 23.6 Å². The van der Waals surface area contributed by atoms with Gasteiger partial charge in [-0.05, 0) is 111 Å². The third-order valence-corrected chi connectivity index (χ3v) is 10.3. The number of nitrogens with zero attached hydrogens (tertiary/aromatic N) is 3. The highest BCUT2D eigenvalue weighted by molar-refractivity contribution is 7.81. The molecule has 0 saturated carbocycles. The number of carbonyl (C=O) groups is 3. The average molecular weight is 657 g/mol. The fraction of sp³-hybridized carbons (Fsp3) is 0.158. The van der Waals surface area contributed by atoms with Gasteiger partial charge in [0.2, 0.25) is 0 Å². The normalized spacial score (nSPS) is 14.8. The third kappa shape index (κ3) is 5.51. The molecule has 0 unspecified atom stereocenters. The predicted molar refractivity (Wildman–Crippen MR) is 193 cm³/mol. The van der Waals surface area contributed by atoms with Gasteiger partial charge in [0.05, 0.1) is 16.9 Å². The second kappa shape index (κ2) is 12.6. The second-order valence-electron chi connectivity index (χ2n) is 11.7. The summed E-state index contributed by atoms with van der Waals surface area (Å²) in [6.45, 7) is 3.95. The zero-order valence-electron chi connectivity index (χ0n) is 26.0. The van der Waals surface area contributed by atoms with Gasteiger partial charge in [0.25, 0.3) is 17.7 Å². The highest BCUT2D eigenvalue weighted by atomic mass is 32.1. The number of fused-ring (bicyclic) bond motifs is 1. The Bertz CT molecular complexity index is 2000. The number of anilines is 3. The van der Waals surface area contributed by atoms with Gasteiger partial charge in [-0.15, -0.1) is 11.3 Å². The molecule has 234 valence electrons. The molecule has 9 heteroatoms. The molecule has 0 bridgehead atoms. The highest BCUT2D eigenvalue weighted by Gasteiger charge is 2.41. The molecule has 7 nitrogen and oxygen atoms in total. The SMILES string of the molecule is Cc1cc(C=C2C(=O)N(c3ccccc3)C(=S)N(c3ccccc3)C2=O)c(C)n1-c1sc2c(c1C(=O)Nc1ccccc1)CCCC2. The monoisotopic (exact) mass is 656 g/mol. The van der Waals surface area contributed by atoms with Gasteiger partial charge in [-0.3, -0.25) is 24.2 Å². The van der Waals surface area contributed by atoms with Gasteiger partial charge in [-0.2, -0.15) is 0 Å². The zero-order valence-corrected chi connectivity index (χ0v) is 27.7. The Morgan fingerprint density at radius 3 is 1.96 bits per heavy atom. The number of nitrogens with one attached hydrogen (secondary N) is 1. The van der Waals surface area contributed by atoms with Crippen molar-refractivity contribution in [2.75, 3.05) is 15.1 Å². The lowest BCUT2D eigenvalue weighted by molar-refractivity contribution is -0.120. The first-order valence-corrected chi connectivity index (χ1v) is 16.8. The van der Waals surface area contributed by atoms with E-state index in [1.807, 2.05) is 86.6 Å². The van der Waals surface area contributed by atoms with Gasteiger partial charge in [0, 0.05) is 22.0 Å². The van der Waals surface area contributed by atoms with Crippen LogP contribution in [0.1, 0.15) is 50.6 Å². The Morgan fingerprint density at radius 1 is 0.809 bits per heavy atom. The maximum atomic E-state index is 14.1. The van der Waals surface area contributed by atoms with Crippen molar-refractivity contribution in [3.05, 3.63) is 136 Å². The van der Waals surface area contributed by atoms with Crippen molar-refractivity contribution in [2.24, 2.45) is 0 Å².